The molecule has 13 heteroatoms. The van der Waals surface area contributed by atoms with E-state index in [1.807, 2.05) is 6.07 Å². The number of nitrogens with two attached hydrogens (primary N) is 1. The zero-order valence-corrected chi connectivity index (χ0v) is 20.2. The van der Waals surface area contributed by atoms with Crippen molar-refractivity contribution in [3.63, 3.8) is 0 Å². The quantitative estimate of drug-likeness (QED) is 0.124. The van der Waals surface area contributed by atoms with E-state index in [9.17, 15) is 14.4 Å². The number of carbonyl (C=O) groups excluding carboxylic acids is 3. The number of nitrogens with zero attached hydrogens (tertiary/aromatic N) is 4. The number of aldehydes is 1. The second-order valence-corrected chi connectivity index (χ2v) is 8.80. The van der Waals surface area contributed by atoms with Crippen LogP contribution in [0.5, 0.6) is 0 Å². The summed E-state index contributed by atoms with van der Waals surface area (Å²) in [5.41, 5.74) is 8.22. The highest BCUT2D eigenvalue weighted by molar-refractivity contribution is 6.40. The van der Waals surface area contributed by atoms with Crippen LogP contribution < -0.4 is 16.4 Å². The van der Waals surface area contributed by atoms with Gasteiger partial charge in [0.05, 0.1) is 33.9 Å². The predicted molar refractivity (Wildman–Crippen MR) is 134 cm³/mol. The summed E-state index contributed by atoms with van der Waals surface area (Å²) < 4.78 is 0. The molecule has 0 saturated carbocycles. The van der Waals surface area contributed by atoms with Gasteiger partial charge >= 0.3 is 0 Å². The maximum absolute atomic E-state index is 13.1. The molecule has 3 aromatic rings. The molecule has 2 amide bonds. The van der Waals surface area contributed by atoms with Gasteiger partial charge in [0.1, 0.15) is 12.3 Å². The molecular formula is C23H20Cl2N8O3. The number of rotatable bonds is 6. The number of hydrogen-bond donors (Lipinski definition) is 4. The maximum Gasteiger partial charge on any atom is 0.254 e. The molecule has 0 spiro atoms. The molecule has 1 atom stereocenters. The number of nitriles is 1. The van der Waals surface area contributed by atoms with Crippen molar-refractivity contribution in [3.05, 3.63) is 62.8 Å². The average Bonchev–Trinajstić information content (AvgIpc) is 3.34. The minimum atomic E-state index is -1.01. The van der Waals surface area contributed by atoms with Crippen molar-refractivity contribution >= 4 is 58.2 Å². The van der Waals surface area contributed by atoms with Gasteiger partial charge in [0.25, 0.3) is 11.8 Å². The standard InChI is InChI=1S/C23H20Cl2N8O3/c24-17-5-14-9-33(22(36)12-1-2-13-7-30-32-18(13)6-12)4-3-16(14)20(25)19(17)21(35)31-15(10-34)8-28-23(27)29-11-26/h1-2,5-7,10,15H,3-4,8-9H2,(H,30,32)(H,31,35)(H3,27,28,29)/t15-/m0/s1. The first-order chi connectivity index (χ1) is 17.3. The van der Waals surface area contributed by atoms with Crippen molar-refractivity contribution in [3.8, 4) is 6.19 Å². The molecule has 1 aliphatic heterocycles. The zero-order valence-electron chi connectivity index (χ0n) is 18.7. The summed E-state index contributed by atoms with van der Waals surface area (Å²) in [5, 5.41) is 21.2. The van der Waals surface area contributed by atoms with E-state index >= 15 is 0 Å². The monoisotopic (exact) mass is 526 g/mol. The van der Waals surface area contributed by atoms with Crippen LogP contribution in [-0.4, -0.2) is 58.3 Å². The van der Waals surface area contributed by atoms with Crippen molar-refractivity contribution < 1.29 is 14.4 Å². The number of halogens is 2. The number of amides is 2. The van der Waals surface area contributed by atoms with Crippen LogP contribution in [-0.2, 0) is 17.8 Å². The van der Waals surface area contributed by atoms with E-state index in [-0.39, 0.29) is 40.6 Å². The summed E-state index contributed by atoms with van der Waals surface area (Å²) in [4.78, 5) is 42.9. The van der Waals surface area contributed by atoms with Crippen LogP contribution in [0.1, 0.15) is 31.8 Å². The molecule has 0 fully saturated rings. The number of aromatic amines is 1. The minimum absolute atomic E-state index is 0.0282. The number of fused-ring (bicyclic) bond motifs is 2. The van der Waals surface area contributed by atoms with Crippen molar-refractivity contribution in [1.29, 1.82) is 5.26 Å². The van der Waals surface area contributed by atoms with E-state index in [1.165, 1.54) is 0 Å². The number of carbonyl (C=O) groups is 3. The number of aromatic nitrogens is 2. The molecule has 11 nitrogen and oxygen atoms in total. The highest BCUT2D eigenvalue weighted by atomic mass is 35.5. The number of benzene rings is 2. The lowest BCUT2D eigenvalue weighted by Crippen LogP contribution is -2.40. The number of H-pyrrole nitrogens is 1. The molecule has 0 bridgehead atoms. The van der Waals surface area contributed by atoms with Gasteiger partial charge in [0.15, 0.2) is 6.19 Å². The van der Waals surface area contributed by atoms with Gasteiger partial charge in [0.2, 0.25) is 5.96 Å². The molecule has 184 valence electrons. The van der Waals surface area contributed by atoms with Crippen molar-refractivity contribution in [1.82, 2.24) is 25.7 Å². The Morgan fingerprint density at radius 1 is 1.36 bits per heavy atom. The van der Waals surface area contributed by atoms with Gasteiger partial charge in [-0.15, -0.1) is 0 Å². The van der Waals surface area contributed by atoms with Gasteiger partial charge < -0.3 is 20.7 Å². The third-order valence-corrected chi connectivity index (χ3v) is 6.45. The van der Waals surface area contributed by atoms with Gasteiger partial charge in [-0.3, -0.25) is 25.0 Å². The van der Waals surface area contributed by atoms with Crippen LogP contribution >= 0.6 is 23.2 Å². The Balaban J connectivity index is 1.51. The fraction of sp³-hybridized carbons (Fsp3) is 0.217. The van der Waals surface area contributed by atoms with E-state index in [0.29, 0.717) is 30.4 Å². The lowest BCUT2D eigenvalue weighted by molar-refractivity contribution is -0.109. The largest absolute Gasteiger partial charge is 0.369 e. The number of guanidine groups is 1. The Bertz CT molecular complexity index is 1430. The van der Waals surface area contributed by atoms with E-state index < -0.39 is 11.9 Å². The van der Waals surface area contributed by atoms with Gasteiger partial charge in [-0.1, -0.05) is 29.3 Å². The fourth-order valence-corrected chi connectivity index (χ4v) is 4.71. The molecule has 36 heavy (non-hydrogen) atoms. The molecule has 2 heterocycles. The van der Waals surface area contributed by atoms with E-state index in [1.54, 1.807) is 35.5 Å². The van der Waals surface area contributed by atoms with Gasteiger partial charge in [0, 0.05) is 24.0 Å². The SMILES string of the molecule is N#CNC(N)=NC[C@@H](C=O)NC(=O)c1c(Cl)cc2c(c1Cl)CCN(C(=O)c1ccc3cn[nH]c3c1)C2. The Morgan fingerprint density at radius 3 is 2.92 bits per heavy atom. The number of hydrogen-bond acceptors (Lipinski definition) is 6. The topological polar surface area (TPSA) is 169 Å². The summed E-state index contributed by atoms with van der Waals surface area (Å²) in [6.45, 7) is 0.483. The molecule has 4 rings (SSSR count). The van der Waals surface area contributed by atoms with Gasteiger partial charge in [-0.2, -0.15) is 10.4 Å². The smallest absolute Gasteiger partial charge is 0.254 e. The van der Waals surface area contributed by atoms with Crippen molar-refractivity contribution in [2.24, 2.45) is 10.7 Å². The first-order valence-electron chi connectivity index (χ1n) is 10.8. The zero-order chi connectivity index (χ0) is 25.8. The Morgan fingerprint density at radius 2 is 2.17 bits per heavy atom. The lowest BCUT2D eigenvalue weighted by atomic mass is 9.96. The maximum atomic E-state index is 13.1. The molecule has 2 aromatic carbocycles. The molecular weight excluding hydrogens is 507 g/mol. The van der Waals surface area contributed by atoms with Crippen LogP contribution in [0.4, 0.5) is 0 Å². The highest BCUT2D eigenvalue weighted by Gasteiger charge is 2.28. The van der Waals surface area contributed by atoms with Crippen molar-refractivity contribution in [2.45, 2.75) is 19.0 Å². The summed E-state index contributed by atoms with van der Waals surface area (Å²) >= 11 is 13.0. The van der Waals surface area contributed by atoms with Gasteiger partial charge in [-0.25, -0.2) is 0 Å². The Labute approximate surface area is 215 Å². The summed E-state index contributed by atoms with van der Waals surface area (Å²) in [7, 11) is 0. The number of nitrogens with one attached hydrogen (secondary N) is 3. The Kier molecular flexibility index (Phi) is 7.38. The molecule has 0 aliphatic carbocycles. The average molecular weight is 527 g/mol. The summed E-state index contributed by atoms with van der Waals surface area (Å²) in [6.07, 6.45) is 4.19. The van der Waals surface area contributed by atoms with Crippen LogP contribution in [0.15, 0.2) is 35.5 Å². The van der Waals surface area contributed by atoms with E-state index in [4.69, 9.17) is 34.2 Å². The Hall–Kier alpha value is -4.14. The minimum Gasteiger partial charge on any atom is -0.369 e. The second kappa shape index (κ2) is 10.6. The van der Waals surface area contributed by atoms with Gasteiger partial charge in [-0.05, 0) is 35.7 Å². The molecule has 5 N–H and O–H groups in total. The van der Waals surface area contributed by atoms with Crippen LogP contribution in [0.25, 0.3) is 10.9 Å². The first-order valence-corrected chi connectivity index (χ1v) is 11.5. The van der Waals surface area contributed by atoms with Crippen LogP contribution in [0.3, 0.4) is 0 Å². The van der Waals surface area contributed by atoms with E-state index in [2.05, 4.69) is 25.8 Å². The fourth-order valence-electron chi connectivity index (χ4n) is 3.94. The summed E-state index contributed by atoms with van der Waals surface area (Å²) in [5.74, 6) is -0.990. The third kappa shape index (κ3) is 5.10. The normalized spacial score (nSPS) is 14.0. The van der Waals surface area contributed by atoms with Crippen LogP contribution in [0.2, 0.25) is 10.0 Å². The summed E-state index contributed by atoms with van der Waals surface area (Å²) in [6, 6.07) is 5.93. The molecule has 0 unspecified atom stereocenters. The molecule has 0 radical (unpaired) electrons. The second-order valence-electron chi connectivity index (χ2n) is 8.01. The van der Waals surface area contributed by atoms with Crippen LogP contribution in [0, 0.1) is 11.5 Å². The molecule has 0 saturated heterocycles. The first kappa shape index (κ1) is 25.0. The molecule has 1 aromatic heterocycles. The lowest BCUT2D eigenvalue weighted by Gasteiger charge is -2.30. The van der Waals surface area contributed by atoms with Crippen molar-refractivity contribution in [2.75, 3.05) is 13.1 Å². The number of aliphatic imine (C=N–C) groups is 1. The predicted octanol–water partition coefficient (Wildman–Crippen LogP) is 1.75. The third-order valence-electron chi connectivity index (χ3n) is 5.73. The van der Waals surface area contributed by atoms with E-state index in [0.717, 1.165) is 16.5 Å². The molecule has 1 aliphatic rings. The highest BCUT2D eigenvalue weighted by Crippen LogP contribution is 2.35.